The predicted octanol–water partition coefficient (Wildman–Crippen LogP) is 2.73. The molecular formula is C15H21N5O2. The fourth-order valence-electron chi connectivity index (χ4n) is 3.87. The van der Waals surface area contributed by atoms with Gasteiger partial charge in [-0.05, 0) is 44.4 Å². The molecule has 0 bridgehead atoms. The third-order valence-electron chi connectivity index (χ3n) is 5.12. The highest BCUT2D eigenvalue weighted by molar-refractivity contribution is 5.58. The molecule has 2 aliphatic carbocycles. The summed E-state index contributed by atoms with van der Waals surface area (Å²) in [6.45, 7) is 0.960. The summed E-state index contributed by atoms with van der Waals surface area (Å²) in [4.78, 5) is 21.9. The van der Waals surface area contributed by atoms with Crippen LogP contribution in [0.5, 0.6) is 0 Å². The van der Waals surface area contributed by atoms with Gasteiger partial charge in [0.15, 0.2) is 0 Å². The second-order valence-electron chi connectivity index (χ2n) is 6.67. The van der Waals surface area contributed by atoms with Gasteiger partial charge in [-0.15, -0.1) is 0 Å². The summed E-state index contributed by atoms with van der Waals surface area (Å²) in [6, 6.07) is 0.853. The lowest BCUT2D eigenvalue weighted by molar-refractivity contribution is -0.384. The summed E-state index contributed by atoms with van der Waals surface area (Å²) in [7, 11) is 0. The van der Waals surface area contributed by atoms with E-state index >= 15 is 0 Å². The first-order valence-electron chi connectivity index (χ1n) is 8.27. The maximum atomic E-state index is 11.2. The van der Waals surface area contributed by atoms with Crippen molar-refractivity contribution < 1.29 is 4.92 Å². The third-order valence-corrected chi connectivity index (χ3v) is 5.12. The van der Waals surface area contributed by atoms with Crippen LogP contribution in [-0.4, -0.2) is 33.5 Å². The fourth-order valence-corrected chi connectivity index (χ4v) is 3.87. The van der Waals surface area contributed by atoms with Crippen molar-refractivity contribution in [3.63, 3.8) is 0 Å². The summed E-state index contributed by atoms with van der Waals surface area (Å²) < 4.78 is 0. The van der Waals surface area contributed by atoms with Gasteiger partial charge in [-0.25, -0.2) is 4.98 Å². The molecule has 7 nitrogen and oxygen atoms in total. The lowest BCUT2D eigenvalue weighted by Gasteiger charge is -2.37. The lowest BCUT2D eigenvalue weighted by atomic mass is 9.92. The molecule has 1 N–H and O–H groups in total. The molecule has 1 saturated heterocycles. The molecule has 0 radical (unpaired) electrons. The van der Waals surface area contributed by atoms with E-state index in [1.54, 1.807) is 0 Å². The number of nitrogens with one attached hydrogen (secondary N) is 1. The Labute approximate surface area is 129 Å². The van der Waals surface area contributed by atoms with Crippen LogP contribution in [0, 0.1) is 16.0 Å². The minimum absolute atomic E-state index is 0.0179. The number of nitro groups is 1. The molecule has 7 heteroatoms. The number of hydrogen-bond donors (Lipinski definition) is 1. The van der Waals surface area contributed by atoms with Crippen LogP contribution >= 0.6 is 0 Å². The molecule has 3 aliphatic rings. The molecule has 2 saturated carbocycles. The van der Waals surface area contributed by atoms with Crippen molar-refractivity contribution in [1.82, 2.24) is 9.97 Å². The molecule has 22 heavy (non-hydrogen) atoms. The van der Waals surface area contributed by atoms with Gasteiger partial charge >= 0.3 is 5.69 Å². The molecule has 2 atom stereocenters. The topological polar surface area (TPSA) is 84.2 Å². The summed E-state index contributed by atoms with van der Waals surface area (Å²) in [5.74, 6) is 1.79. The normalized spacial score (nSPS) is 27.5. The number of nitrogens with zero attached hydrogens (tertiary/aromatic N) is 4. The first kappa shape index (κ1) is 13.7. The van der Waals surface area contributed by atoms with Crippen molar-refractivity contribution in [3.05, 3.63) is 16.3 Å². The van der Waals surface area contributed by atoms with Crippen molar-refractivity contribution in [2.45, 2.75) is 57.0 Å². The molecule has 4 rings (SSSR count). The van der Waals surface area contributed by atoms with Crippen molar-refractivity contribution in [3.8, 4) is 0 Å². The Morgan fingerprint density at radius 1 is 1.23 bits per heavy atom. The van der Waals surface area contributed by atoms with Crippen molar-refractivity contribution >= 4 is 17.5 Å². The Hall–Kier alpha value is -1.92. The minimum atomic E-state index is -0.400. The standard InChI is InChI=1S/C15H21N5O2/c21-20(22)13-9-16-15(18-14(13)17-11-6-7-11)19-8-2-4-10-3-1-5-12(10)19/h9-12H,1-8H2,(H,16,17,18)/t10-,12+/m1/s1. The van der Waals surface area contributed by atoms with Crippen molar-refractivity contribution in [1.29, 1.82) is 0 Å². The molecule has 1 aromatic heterocycles. The van der Waals surface area contributed by atoms with Crippen LogP contribution in [0.15, 0.2) is 6.20 Å². The zero-order chi connectivity index (χ0) is 15.1. The zero-order valence-electron chi connectivity index (χ0n) is 12.6. The highest BCUT2D eigenvalue weighted by Crippen LogP contribution is 2.39. The van der Waals surface area contributed by atoms with E-state index in [-0.39, 0.29) is 5.69 Å². The molecule has 0 aromatic carbocycles. The third kappa shape index (κ3) is 2.48. The Morgan fingerprint density at radius 2 is 2.05 bits per heavy atom. The highest BCUT2D eigenvalue weighted by Gasteiger charge is 2.37. The van der Waals surface area contributed by atoms with Gasteiger partial charge < -0.3 is 10.2 Å². The lowest BCUT2D eigenvalue weighted by Crippen LogP contribution is -2.43. The molecule has 3 fully saturated rings. The predicted molar refractivity (Wildman–Crippen MR) is 83.0 cm³/mol. The average molecular weight is 303 g/mol. The van der Waals surface area contributed by atoms with Crippen LogP contribution in [-0.2, 0) is 0 Å². The van der Waals surface area contributed by atoms with E-state index in [1.807, 2.05) is 0 Å². The molecule has 118 valence electrons. The number of aromatic nitrogens is 2. The van der Waals surface area contributed by atoms with Crippen LogP contribution in [0.1, 0.15) is 44.9 Å². The summed E-state index contributed by atoms with van der Waals surface area (Å²) in [5, 5.41) is 14.4. The first-order chi connectivity index (χ1) is 10.7. The van der Waals surface area contributed by atoms with E-state index in [1.165, 1.54) is 31.9 Å². The van der Waals surface area contributed by atoms with Gasteiger partial charge in [0.25, 0.3) is 0 Å². The second kappa shape index (κ2) is 5.37. The summed E-state index contributed by atoms with van der Waals surface area (Å²) in [6.07, 6.45) is 9.69. The average Bonchev–Trinajstić information content (AvgIpc) is 3.19. The maximum Gasteiger partial charge on any atom is 0.329 e. The summed E-state index contributed by atoms with van der Waals surface area (Å²) in [5.41, 5.74) is -0.0179. The quantitative estimate of drug-likeness (QED) is 0.680. The molecule has 1 aliphatic heterocycles. The minimum Gasteiger partial charge on any atom is -0.361 e. The molecular weight excluding hydrogens is 282 g/mol. The molecule has 0 amide bonds. The Bertz CT molecular complexity index is 589. The number of rotatable bonds is 4. The monoisotopic (exact) mass is 303 g/mol. The van der Waals surface area contributed by atoms with Crippen LogP contribution < -0.4 is 10.2 Å². The first-order valence-corrected chi connectivity index (χ1v) is 8.27. The van der Waals surface area contributed by atoms with E-state index in [4.69, 9.17) is 0 Å². The summed E-state index contributed by atoms with van der Waals surface area (Å²) >= 11 is 0. The van der Waals surface area contributed by atoms with E-state index in [2.05, 4.69) is 20.2 Å². The Balaban J connectivity index is 1.64. The number of fused-ring (bicyclic) bond motifs is 1. The van der Waals surface area contributed by atoms with Crippen LogP contribution in [0.25, 0.3) is 0 Å². The van der Waals surface area contributed by atoms with Gasteiger partial charge in [-0.1, -0.05) is 6.42 Å². The van der Waals surface area contributed by atoms with Gasteiger partial charge in [-0.3, -0.25) is 10.1 Å². The SMILES string of the molecule is O=[N+]([O-])c1cnc(N2CCC[C@H]3CCC[C@@H]32)nc1NC1CC1. The molecule has 0 unspecified atom stereocenters. The highest BCUT2D eigenvalue weighted by atomic mass is 16.6. The molecule has 1 aromatic rings. The number of hydrogen-bond acceptors (Lipinski definition) is 6. The van der Waals surface area contributed by atoms with Gasteiger partial charge in [0.2, 0.25) is 11.8 Å². The van der Waals surface area contributed by atoms with Gasteiger partial charge in [0.1, 0.15) is 6.20 Å². The smallest absolute Gasteiger partial charge is 0.329 e. The van der Waals surface area contributed by atoms with E-state index < -0.39 is 4.92 Å². The van der Waals surface area contributed by atoms with Gasteiger partial charge in [-0.2, -0.15) is 4.98 Å². The van der Waals surface area contributed by atoms with Crippen molar-refractivity contribution in [2.24, 2.45) is 5.92 Å². The van der Waals surface area contributed by atoms with Gasteiger partial charge in [0.05, 0.1) is 4.92 Å². The number of piperidine rings is 1. The van der Waals surface area contributed by atoms with Crippen LogP contribution in [0.2, 0.25) is 0 Å². The van der Waals surface area contributed by atoms with E-state index in [0.717, 1.165) is 31.7 Å². The Morgan fingerprint density at radius 3 is 2.82 bits per heavy atom. The molecule has 2 heterocycles. The van der Waals surface area contributed by atoms with E-state index in [9.17, 15) is 10.1 Å². The van der Waals surface area contributed by atoms with E-state index in [0.29, 0.717) is 23.8 Å². The maximum absolute atomic E-state index is 11.2. The van der Waals surface area contributed by atoms with Crippen molar-refractivity contribution in [2.75, 3.05) is 16.8 Å². The Kier molecular flexibility index (Phi) is 3.35. The fraction of sp³-hybridized carbons (Fsp3) is 0.733. The van der Waals surface area contributed by atoms with Crippen LogP contribution in [0.3, 0.4) is 0 Å². The molecule has 0 spiro atoms. The zero-order valence-corrected chi connectivity index (χ0v) is 12.6. The van der Waals surface area contributed by atoms with Gasteiger partial charge in [0, 0.05) is 18.6 Å². The number of anilines is 2. The largest absolute Gasteiger partial charge is 0.361 e. The second-order valence-corrected chi connectivity index (χ2v) is 6.67. The van der Waals surface area contributed by atoms with Crippen LogP contribution in [0.4, 0.5) is 17.5 Å².